The highest BCUT2D eigenvalue weighted by molar-refractivity contribution is 9.10. The van der Waals surface area contributed by atoms with Gasteiger partial charge in [0.1, 0.15) is 0 Å². The first-order valence-corrected chi connectivity index (χ1v) is 8.45. The van der Waals surface area contributed by atoms with Crippen LogP contribution in [0.1, 0.15) is 41.6 Å². The van der Waals surface area contributed by atoms with Crippen molar-refractivity contribution >= 4 is 37.8 Å². The Morgan fingerprint density at radius 1 is 1.32 bits per heavy atom. The van der Waals surface area contributed by atoms with Gasteiger partial charge in [0.05, 0.1) is 0 Å². The molecule has 19 heavy (non-hydrogen) atoms. The van der Waals surface area contributed by atoms with Gasteiger partial charge < -0.3 is 5.32 Å². The Labute approximate surface area is 131 Å². The highest BCUT2D eigenvalue weighted by atomic mass is 79.9. The van der Waals surface area contributed by atoms with Crippen LogP contribution in [-0.4, -0.2) is 17.3 Å². The van der Waals surface area contributed by atoms with Crippen molar-refractivity contribution in [2.45, 2.75) is 37.4 Å². The minimum absolute atomic E-state index is 0.0472. The van der Waals surface area contributed by atoms with Gasteiger partial charge in [-0.3, -0.25) is 4.79 Å². The summed E-state index contributed by atoms with van der Waals surface area (Å²) in [4.78, 5) is 12.8. The molecule has 1 N–H and O–H groups in total. The first-order valence-electron chi connectivity index (χ1n) is 6.74. The smallest absolute Gasteiger partial charge is 0.251 e. The van der Waals surface area contributed by atoms with Crippen LogP contribution in [0.15, 0.2) is 22.7 Å². The molecule has 0 unspecified atom stereocenters. The summed E-state index contributed by atoms with van der Waals surface area (Å²) in [7, 11) is 0. The number of carbonyl (C=O) groups is 1. The van der Waals surface area contributed by atoms with Gasteiger partial charge in [-0.25, -0.2) is 0 Å². The van der Waals surface area contributed by atoms with E-state index >= 15 is 0 Å². The third-order valence-corrected chi connectivity index (χ3v) is 5.17. The van der Waals surface area contributed by atoms with Gasteiger partial charge in [-0.05, 0) is 62.3 Å². The van der Waals surface area contributed by atoms with Gasteiger partial charge in [0.2, 0.25) is 0 Å². The highest BCUT2D eigenvalue weighted by Crippen LogP contribution is 2.28. The number of amides is 1. The Bertz CT molecular complexity index is 453. The van der Waals surface area contributed by atoms with Crippen LogP contribution in [0.25, 0.3) is 0 Å². The zero-order chi connectivity index (χ0) is 13.8. The van der Waals surface area contributed by atoms with Crippen molar-refractivity contribution in [1.29, 1.82) is 0 Å². The average Bonchev–Trinajstić information content (AvgIpc) is 2.37. The van der Waals surface area contributed by atoms with Gasteiger partial charge in [-0.15, -0.1) is 0 Å². The first-order chi connectivity index (χ1) is 9.06. The zero-order valence-electron chi connectivity index (χ0n) is 11.1. The summed E-state index contributed by atoms with van der Waals surface area (Å²) in [5.74, 6) is 0.680. The van der Waals surface area contributed by atoms with Crippen LogP contribution in [0.5, 0.6) is 0 Å². The van der Waals surface area contributed by atoms with Crippen LogP contribution in [0.3, 0.4) is 0 Å². The molecule has 1 aliphatic carbocycles. The largest absolute Gasteiger partial charge is 0.352 e. The maximum absolute atomic E-state index is 12.1. The van der Waals surface area contributed by atoms with E-state index in [9.17, 15) is 4.79 Å². The van der Waals surface area contributed by atoms with Gasteiger partial charge in [0.25, 0.3) is 5.91 Å². The number of rotatable bonds is 3. The Morgan fingerprint density at radius 3 is 2.63 bits per heavy atom. The summed E-state index contributed by atoms with van der Waals surface area (Å²) in [6, 6.07) is 5.77. The quantitative estimate of drug-likeness (QED) is 0.762. The molecule has 104 valence electrons. The standard InChI is InChI=1S/C15H19Br2NO/c1-10-8-13(17)6-7-14(10)15(19)18-9-11-2-4-12(16)5-3-11/h6-8,11-12H,2-5,9H2,1H3,(H,18,19). The summed E-state index contributed by atoms with van der Waals surface area (Å²) in [6.07, 6.45) is 4.85. The summed E-state index contributed by atoms with van der Waals surface area (Å²) in [6.45, 7) is 2.77. The van der Waals surface area contributed by atoms with Gasteiger partial charge in [-0.2, -0.15) is 0 Å². The van der Waals surface area contributed by atoms with Crippen molar-refractivity contribution in [3.05, 3.63) is 33.8 Å². The number of aryl methyl sites for hydroxylation is 1. The monoisotopic (exact) mass is 387 g/mol. The van der Waals surface area contributed by atoms with E-state index in [0.717, 1.165) is 22.1 Å². The number of halogens is 2. The number of hydrogen-bond acceptors (Lipinski definition) is 1. The number of nitrogens with one attached hydrogen (secondary N) is 1. The molecule has 1 aliphatic rings. The molecule has 1 saturated carbocycles. The predicted molar refractivity (Wildman–Crippen MR) is 85.9 cm³/mol. The van der Waals surface area contributed by atoms with Gasteiger partial charge >= 0.3 is 0 Å². The molecule has 0 heterocycles. The molecule has 1 amide bonds. The van der Waals surface area contributed by atoms with E-state index in [1.54, 1.807) is 0 Å². The lowest BCUT2D eigenvalue weighted by atomic mass is 9.89. The normalized spacial score (nSPS) is 23.1. The SMILES string of the molecule is Cc1cc(Br)ccc1C(=O)NCC1CCC(Br)CC1. The molecular weight excluding hydrogens is 370 g/mol. The lowest BCUT2D eigenvalue weighted by Crippen LogP contribution is -2.31. The molecule has 0 bridgehead atoms. The van der Waals surface area contributed by atoms with Crippen molar-refractivity contribution in [3.8, 4) is 0 Å². The van der Waals surface area contributed by atoms with Crippen LogP contribution >= 0.6 is 31.9 Å². The molecule has 2 rings (SSSR count). The van der Waals surface area contributed by atoms with E-state index in [0.29, 0.717) is 10.7 Å². The number of carbonyl (C=O) groups excluding carboxylic acids is 1. The van der Waals surface area contributed by atoms with E-state index in [2.05, 4.69) is 37.2 Å². The molecule has 0 aromatic heterocycles. The lowest BCUT2D eigenvalue weighted by Gasteiger charge is -2.25. The Kier molecular flexibility index (Phi) is 5.46. The Hall–Kier alpha value is -0.350. The predicted octanol–water partition coefficient (Wildman–Crippen LogP) is 4.44. The zero-order valence-corrected chi connectivity index (χ0v) is 14.3. The maximum Gasteiger partial charge on any atom is 0.251 e. The minimum atomic E-state index is 0.0472. The fraction of sp³-hybridized carbons (Fsp3) is 0.533. The molecule has 0 atom stereocenters. The van der Waals surface area contributed by atoms with Crippen molar-refractivity contribution in [2.75, 3.05) is 6.54 Å². The Morgan fingerprint density at radius 2 is 2.00 bits per heavy atom. The number of benzene rings is 1. The lowest BCUT2D eigenvalue weighted by molar-refractivity contribution is 0.0943. The summed E-state index contributed by atoms with van der Waals surface area (Å²) < 4.78 is 1.01. The van der Waals surface area contributed by atoms with Crippen LogP contribution in [-0.2, 0) is 0 Å². The molecule has 0 spiro atoms. The van der Waals surface area contributed by atoms with Gasteiger partial charge in [-0.1, -0.05) is 31.9 Å². The molecule has 4 heteroatoms. The van der Waals surface area contributed by atoms with E-state index in [-0.39, 0.29) is 5.91 Å². The number of hydrogen-bond donors (Lipinski definition) is 1. The van der Waals surface area contributed by atoms with E-state index < -0.39 is 0 Å². The molecule has 2 nitrogen and oxygen atoms in total. The van der Waals surface area contributed by atoms with Crippen LogP contribution < -0.4 is 5.32 Å². The van der Waals surface area contributed by atoms with Crippen molar-refractivity contribution < 1.29 is 4.79 Å². The topological polar surface area (TPSA) is 29.1 Å². The average molecular weight is 389 g/mol. The second-order valence-corrected chi connectivity index (χ2v) is 7.50. The highest BCUT2D eigenvalue weighted by Gasteiger charge is 2.20. The number of alkyl halides is 1. The molecule has 0 radical (unpaired) electrons. The van der Waals surface area contributed by atoms with Crippen LogP contribution in [0.2, 0.25) is 0 Å². The van der Waals surface area contributed by atoms with Crippen LogP contribution in [0, 0.1) is 12.8 Å². The molecule has 0 aliphatic heterocycles. The Balaban J connectivity index is 1.87. The van der Waals surface area contributed by atoms with Gasteiger partial charge in [0.15, 0.2) is 0 Å². The second-order valence-electron chi connectivity index (χ2n) is 5.29. The van der Waals surface area contributed by atoms with Crippen molar-refractivity contribution in [2.24, 2.45) is 5.92 Å². The third kappa shape index (κ3) is 4.32. The molecule has 1 aromatic carbocycles. The van der Waals surface area contributed by atoms with Crippen molar-refractivity contribution in [1.82, 2.24) is 5.32 Å². The van der Waals surface area contributed by atoms with E-state index in [1.807, 2.05) is 25.1 Å². The van der Waals surface area contributed by atoms with Gasteiger partial charge in [0, 0.05) is 21.4 Å². The fourth-order valence-corrected chi connectivity index (χ4v) is 3.54. The molecule has 0 saturated heterocycles. The molecule has 1 fully saturated rings. The van der Waals surface area contributed by atoms with Crippen LogP contribution in [0.4, 0.5) is 0 Å². The minimum Gasteiger partial charge on any atom is -0.352 e. The summed E-state index contributed by atoms with van der Waals surface area (Å²) in [5.41, 5.74) is 1.79. The summed E-state index contributed by atoms with van der Waals surface area (Å²) in [5, 5.41) is 3.07. The molecule has 1 aromatic rings. The second kappa shape index (κ2) is 6.89. The van der Waals surface area contributed by atoms with Crippen molar-refractivity contribution in [3.63, 3.8) is 0 Å². The molecular formula is C15H19Br2NO. The third-order valence-electron chi connectivity index (χ3n) is 3.76. The van der Waals surface area contributed by atoms with E-state index in [4.69, 9.17) is 0 Å². The summed E-state index contributed by atoms with van der Waals surface area (Å²) >= 11 is 7.07. The first kappa shape index (κ1) is 15.0. The fourth-order valence-electron chi connectivity index (χ4n) is 2.54. The maximum atomic E-state index is 12.1. The van der Waals surface area contributed by atoms with E-state index in [1.165, 1.54) is 25.7 Å².